The van der Waals surface area contributed by atoms with Crippen molar-refractivity contribution >= 4 is 32.9 Å². The molecule has 1 saturated heterocycles. The molecule has 0 spiro atoms. The minimum absolute atomic E-state index is 0.0177. The van der Waals surface area contributed by atoms with Crippen molar-refractivity contribution in [3.05, 3.63) is 21.9 Å². The Balaban J connectivity index is 1.96. The van der Waals surface area contributed by atoms with Gasteiger partial charge in [0, 0.05) is 30.3 Å². The zero-order valence-corrected chi connectivity index (χ0v) is 15.9. The van der Waals surface area contributed by atoms with Gasteiger partial charge in [0.15, 0.2) is 15.6 Å². The highest BCUT2D eigenvalue weighted by Gasteiger charge is 2.34. The molecule has 0 saturated carbocycles. The van der Waals surface area contributed by atoms with E-state index in [4.69, 9.17) is 0 Å². The Morgan fingerprint density at radius 3 is 2.58 bits per heavy atom. The average molecular weight is 372 g/mol. The lowest BCUT2D eigenvalue weighted by Crippen LogP contribution is -2.41. The monoisotopic (exact) mass is 371 g/mol. The summed E-state index contributed by atoms with van der Waals surface area (Å²) in [7, 11) is -3.03. The lowest BCUT2D eigenvalue weighted by molar-refractivity contribution is -0.133. The molecule has 2 heterocycles. The summed E-state index contributed by atoms with van der Waals surface area (Å²) in [5, 5.41) is 0. The SMILES string of the molecule is CCCCN(C(=O)CCC(=O)c1ccc(C)s1)C1CCS(=O)(=O)C1. The fraction of sp³-hybridized carbons (Fsp3) is 0.647. The van der Waals surface area contributed by atoms with Crippen LogP contribution in [0.3, 0.4) is 0 Å². The highest BCUT2D eigenvalue weighted by atomic mass is 32.2. The van der Waals surface area contributed by atoms with Crippen molar-refractivity contribution in [2.75, 3.05) is 18.1 Å². The number of aryl methyl sites for hydroxylation is 1. The van der Waals surface area contributed by atoms with Crippen molar-refractivity contribution in [2.24, 2.45) is 0 Å². The van der Waals surface area contributed by atoms with Gasteiger partial charge in [0.05, 0.1) is 16.4 Å². The quantitative estimate of drug-likeness (QED) is 0.659. The predicted octanol–water partition coefficient (Wildman–Crippen LogP) is 2.84. The fourth-order valence-corrected chi connectivity index (χ4v) is 5.50. The number of ketones is 1. The summed E-state index contributed by atoms with van der Waals surface area (Å²) in [5.41, 5.74) is 0. The summed E-state index contributed by atoms with van der Waals surface area (Å²) in [5.74, 6) is 0.0877. The van der Waals surface area contributed by atoms with E-state index in [0.717, 1.165) is 17.7 Å². The number of amides is 1. The lowest BCUT2D eigenvalue weighted by atomic mass is 10.1. The van der Waals surface area contributed by atoms with Gasteiger partial charge in [-0.25, -0.2) is 8.42 Å². The Morgan fingerprint density at radius 1 is 1.29 bits per heavy atom. The number of hydrogen-bond donors (Lipinski definition) is 0. The molecule has 0 aromatic carbocycles. The van der Waals surface area contributed by atoms with Crippen LogP contribution in [0.4, 0.5) is 0 Å². The highest BCUT2D eigenvalue weighted by molar-refractivity contribution is 7.91. The molecule has 1 fully saturated rings. The standard InChI is InChI=1S/C17H25NO4S2/c1-3-4-10-18(14-9-11-24(21,22)12-14)17(20)8-6-15(19)16-7-5-13(2)23-16/h5,7,14H,3-4,6,8-12H2,1-2H3. The van der Waals surface area contributed by atoms with Gasteiger partial charge >= 0.3 is 0 Å². The zero-order chi connectivity index (χ0) is 17.7. The topological polar surface area (TPSA) is 71.5 Å². The fourth-order valence-electron chi connectivity index (χ4n) is 2.93. The minimum Gasteiger partial charge on any atom is -0.339 e. The Kier molecular flexibility index (Phi) is 6.57. The number of carbonyl (C=O) groups is 2. The summed E-state index contributed by atoms with van der Waals surface area (Å²) >= 11 is 1.44. The van der Waals surface area contributed by atoms with E-state index in [1.807, 2.05) is 19.9 Å². The van der Waals surface area contributed by atoms with Crippen LogP contribution < -0.4 is 0 Å². The number of thiophene rings is 1. The molecule has 1 aliphatic rings. The van der Waals surface area contributed by atoms with Gasteiger partial charge in [0.25, 0.3) is 0 Å². The summed E-state index contributed by atoms with van der Waals surface area (Å²) in [4.78, 5) is 28.2. The first-order valence-electron chi connectivity index (χ1n) is 8.42. The summed E-state index contributed by atoms with van der Waals surface area (Å²) in [6, 6.07) is 3.47. The Morgan fingerprint density at radius 2 is 2.04 bits per heavy atom. The molecule has 1 aliphatic heterocycles. The van der Waals surface area contributed by atoms with E-state index >= 15 is 0 Å². The minimum atomic E-state index is -3.03. The molecule has 1 aromatic heterocycles. The molecule has 7 heteroatoms. The van der Waals surface area contributed by atoms with Crippen molar-refractivity contribution in [1.82, 2.24) is 4.90 Å². The normalized spacial score (nSPS) is 19.3. The first kappa shape index (κ1) is 19.1. The van der Waals surface area contributed by atoms with Gasteiger partial charge < -0.3 is 4.90 Å². The lowest BCUT2D eigenvalue weighted by Gasteiger charge is -2.28. The molecular formula is C17H25NO4S2. The van der Waals surface area contributed by atoms with Crippen molar-refractivity contribution in [3.8, 4) is 0 Å². The maximum absolute atomic E-state index is 12.6. The largest absolute Gasteiger partial charge is 0.339 e. The molecule has 1 unspecified atom stereocenters. The van der Waals surface area contributed by atoms with Crippen molar-refractivity contribution in [2.45, 2.75) is 52.0 Å². The Hall–Kier alpha value is -1.21. The molecule has 2 rings (SSSR count). The van der Waals surface area contributed by atoms with Crippen LogP contribution in [0.2, 0.25) is 0 Å². The number of nitrogens with zero attached hydrogens (tertiary/aromatic N) is 1. The van der Waals surface area contributed by atoms with E-state index in [9.17, 15) is 18.0 Å². The molecular weight excluding hydrogens is 346 g/mol. The highest BCUT2D eigenvalue weighted by Crippen LogP contribution is 2.21. The molecule has 5 nitrogen and oxygen atoms in total. The Labute approximate surface area is 148 Å². The molecule has 1 amide bonds. The molecule has 0 radical (unpaired) electrons. The van der Waals surface area contributed by atoms with E-state index in [-0.39, 0.29) is 42.1 Å². The maximum Gasteiger partial charge on any atom is 0.223 e. The van der Waals surface area contributed by atoms with Crippen LogP contribution in [0.5, 0.6) is 0 Å². The van der Waals surface area contributed by atoms with Gasteiger partial charge in [-0.3, -0.25) is 9.59 Å². The third-order valence-electron chi connectivity index (χ3n) is 4.30. The van der Waals surface area contributed by atoms with Crippen LogP contribution in [0.1, 0.15) is 53.6 Å². The van der Waals surface area contributed by atoms with Crippen LogP contribution in [0.15, 0.2) is 12.1 Å². The summed E-state index contributed by atoms with van der Waals surface area (Å²) in [6.45, 7) is 4.55. The van der Waals surface area contributed by atoms with Gasteiger partial charge in [0.2, 0.25) is 5.91 Å². The first-order valence-corrected chi connectivity index (χ1v) is 11.1. The van der Waals surface area contributed by atoms with Crippen LogP contribution in [0, 0.1) is 6.92 Å². The summed E-state index contributed by atoms with van der Waals surface area (Å²) < 4.78 is 23.4. The average Bonchev–Trinajstić information content (AvgIpc) is 3.11. The van der Waals surface area contributed by atoms with Crippen molar-refractivity contribution in [3.63, 3.8) is 0 Å². The van der Waals surface area contributed by atoms with Crippen LogP contribution in [-0.2, 0) is 14.6 Å². The third kappa shape index (κ3) is 5.14. The van der Waals surface area contributed by atoms with Gasteiger partial charge in [-0.2, -0.15) is 0 Å². The molecule has 0 bridgehead atoms. The maximum atomic E-state index is 12.6. The molecule has 0 aliphatic carbocycles. The van der Waals surface area contributed by atoms with Gasteiger partial charge in [0.1, 0.15) is 0 Å². The number of sulfone groups is 1. The number of carbonyl (C=O) groups excluding carboxylic acids is 2. The van der Waals surface area contributed by atoms with Gasteiger partial charge in [-0.15, -0.1) is 11.3 Å². The van der Waals surface area contributed by atoms with Crippen molar-refractivity contribution < 1.29 is 18.0 Å². The molecule has 0 N–H and O–H groups in total. The van der Waals surface area contributed by atoms with E-state index < -0.39 is 9.84 Å². The Bertz CT molecular complexity index is 693. The van der Waals surface area contributed by atoms with E-state index in [2.05, 4.69) is 0 Å². The molecule has 24 heavy (non-hydrogen) atoms. The first-order chi connectivity index (χ1) is 11.3. The van der Waals surface area contributed by atoms with Crippen LogP contribution >= 0.6 is 11.3 Å². The van der Waals surface area contributed by atoms with E-state index in [0.29, 0.717) is 17.8 Å². The second-order valence-corrected chi connectivity index (χ2v) is 9.85. The van der Waals surface area contributed by atoms with Gasteiger partial charge in [-0.05, 0) is 31.9 Å². The van der Waals surface area contributed by atoms with E-state index in [1.165, 1.54) is 11.3 Å². The summed E-state index contributed by atoms with van der Waals surface area (Å²) in [6.07, 6.45) is 2.63. The predicted molar refractivity (Wildman–Crippen MR) is 96.3 cm³/mol. The number of Topliss-reactive ketones (excluding diaryl/α,β-unsaturated/α-hetero) is 1. The van der Waals surface area contributed by atoms with Crippen LogP contribution in [0.25, 0.3) is 0 Å². The zero-order valence-electron chi connectivity index (χ0n) is 14.3. The number of hydrogen-bond acceptors (Lipinski definition) is 5. The second-order valence-electron chi connectivity index (χ2n) is 6.33. The second kappa shape index (κ2) is 8.25. The van der Waals surface area contributed by atoms with Crippen LogP contribution in [-0.4, -0.2) is 49.1 Å². The van der Waals surface area contributed by atoms with E-state index in [1.54, 1.807) is 11.0 Å². The third-order valence-corrected chi connectivity index (χ3v) is 7.10. The number of rotatable bonds is 8. The number of unbranched alkanes of at least 4 members (excludes halogenated alkanes) is 1. The van der Waals surface area contributed by atoms with Crippen molar-refractivity contribution in [1.29, 1.82) is 0 Å². The smallest absolute Gasteiger partial charge is 0.223 e. The molecule has 1 atom stereocenters. The van der Waals surface area contributed by atoms with Gasteiger partial charge in [-0.1, -0.05) is 13.3 Å². The molecule has 134 valence electrons. The molecule has 1 aromatic rings.